The van der Waals surface area contributed by atoms with Crippen LogP contribution in [-0.2, 0) is 4.79 Å². The lowest BCUT2D eigenvalue weighted by atomic mass is 10.1. The number of amides is 2. The van der Waals surface area contributed by atoms with Crippen LogP contribution in [0, 0.1) is 6.92 Å². The standard InChI is InChI=1S/C20H22ClN3O2/c1-15-6-2-3-7-16(15)20(26)24-12-10-23(11-13-24)14-19(25)22-18-9-5-4-8-17(18)21/h2-9H,10-14H2,1H3,(H,22,25)/p+1. The molecule has 0 unspecified atom stereocenters. The molecule has 1 aliphatic heterocycles. The predicted octanol–water partition coefficient (Wildman–Crippen LogP) is 1.63. The molecule has 0 atom stereocenters. The highest BCUT2D eigenvalue weighted by Crippen LogP contribution is 2.19. The predicted molar refractivity (Wildman–Crippen MR) is 103 cm³/mol. The van der Waals surface area contributed by atoms with Crippen molar-refractivity contribution in [3.05, 3.63) is 64.7 Å². The number of aryl methyl sites for hydroxylation is 1. The molecule has 1 heterocycles. The average molecular weight is 373 g/mol. The summed E-state index contributed by atoms with van der Waals surface area (Å²) in [6.45, 7) is 5.15. The fraction of sp³-hybridized carbons (Fsp3) is 0.300. The van der Waals surface area contributed by atoms with Crippen LogP contribution in [0.25, 0.3) is 0 Å². The van der Waals surface area contributed by atoms with Gasteiger partial charge in [0, 0.05) is 5.56 Å². The van der Waals surface area contributed by atoms with Crippen LogP contribution in [-0.4, -0.2) is 49.4 Å². The van der Waals surface area contributed by atoms with Crippen LogP contribution in [0.1, 0.15) is 15.9 Å². The van der Waals surface area contributed by atoms with Gasteiger partial charge in [-0.1, -0.05) is 41.9 Å². The van der Waals surface area contributed by atoms with Crippen molar-refractivity contribution in [2.75, 3.05) is 38.0 Å². The molecule has 2 amide bonds. The smallest absolute Gasteiger partial charge is 0.279 e. The van der Waals surface area contributed by atoms with Crippen LogP contribution >= 0.6 is 11.6 Å². The van der Waals surface area contributed by atoms with Gasteiger partial charge in [-0.05, 0) is 30.7 Å². The number of nitrogens with one attached hydrogen (secondary N) is 2. The summed E-state index contributed by atoms with van der Waals surface area (Å²) in [7, 11) is 0. The van der Waals surface area contributed by atoms with E-state index in [0.717, 1.165) is 24.2 Å². The highest BCUT2D eigenvalue weighted by molar-refractivity contribution is 6.33. The molecule has 0 aromatic heterocycles. The first kappa shape index (κ1) is 18.4. The number of carbonyl (C=O) groups is 2. The van der Waals surface area contributed by atoms with Crippen LogP contribution < -0.4 is 10.2 Å². The molecule has 2 aromatic rings. The quantitative estimate of drug-likeness (QED) is 0.857. The monoisotopic (exact) mass is 372 g/mol. The molecule has 0 saturated carbocycles. The van der Waals surface area contributed by atoms with E-state index in [-0.39, 0.29) is 11.8 Å². The maximum absolute atomic E-state index is 12.7. The third kappa shape index (κ3) is 4.42. The maximum atomic E-state index is 12.7. The zero-order valence-corrected chi connectivity index (χ0v) is 15.6. The van der Waals surface area contributed by atoms with Crippen molar-refractivity contribution in [2.45, 2.75) is 6.92 Å². The van der Waals surface area contributed by atoms with E-state index in [2.05, 4.69) is 5.32 Å². The molecule has 5 nitrogen and oxygen atoms in total. The van der Waals surface area contributed by atoms with Crippen molar-refractivity contribution in [1.29, 1.82) is 0 Å². The zero-order chi connectivity index (χ0) is 18.5. The van der Waals surface area contributed by atoms with E-state index < -0.39 is 0 Å². The molecule has 2 aromatic carbocycles. The van der Waals surface area contributed by atoms with Gasteiger partial charge in [-0.2, -0.15) is 0 Å². The lowest BCUT2D eigenvalue weighted by Gasteiger charge is -2.32. The second-order valence-corrected chi connectivity index (χ2v) is 6.97. The number of nitrogens with zero attached hydrogens (tertiary/aromatic N) is 1. The van der Waals surface area contributed by atoms with E-state index in [1.807, 2.05) is 48.2 Å². The first-order valence-electron chi connectivity index (χ1n) is 8.77. The highest BCUT2D eigenvalue weighted by atomic mass is 35.5. The third-order valence-corrected chi connectivity index (χ3v) is 5.02. The molecule has 0 spiro atoms. The second-order valence-electron chi connectivity index (χ2n) is 6.56. The molecule has 1 fully saturated rings. The van der Waals surface area contributed by atoms with Gasteiger partial charge in [0.15, 0.2) is 6.54 Å². The van der Waals surface area contributed by atoms with Gasteiger partial charge in [-0.3, -0.25) is 9.59 Å². The number of benzene rings is 2. The Balaban J connectivity index is 1.51. The maximum Gasteiger partial charge on any atom is 0.279 e. The van der Waals surface area contributed by atoms with Crippen molar-refractivity contribution in [3.63, 3.8) is 0 Å². The SMILES string of the molecule is Cc1ccccc1C(=O)N1CC[NH+](CC(=O)Nc2ccccc2Cl)CC1. The number of para-hydroxylation sites is 1. The summed E-state index contributed by atoms with van der Waals surface area (Å²) in [4.78, 5) is 27.9. The number of carbonyl (C=O) groups excluding carboxylic acids is 2. The van der Waals surface area contributed by atoms with Gasteiger partial charge < -0.3 is 15.1 Å². The molecule has 0 radical (unpaired) electrons. The Bertz CT molecular complexity index is 801. The van der Waals surface area contributed by atoms with Gasteiger partial charge in [0.2, 0.25) is 0 Å². The average Bonchev–Trinajstić information content (AvgIpc) is 2.64. The molecular formula is C20H23ClN3O2+. The fourth-order valence-corrected chi connectivity index (χ4v) is 3.35. The fourth-order valence-electron chi connectivity index (χ4n) is 3.17. The number of hydrogen-bond donors (Lipinski definition) is 2. The number of piperazine rings is 1. The Morgan fingerprint density at radius 1 is 1.08 bits per heavy atom. The lowest BCUT2D eigenvalue weighted by Crippen LogP contribution is -3.15. The van der Waals surface area contributed by atoms with Gasteiger partial charge in [0.1, 0.15) is 0 Å². The van der Waals surface area contributed by atoms with Crippen LogP contribution in [0.5, 0.6) is 0 Å². The summed E-state index contributed by atoms with van der Waals surface area (Å²) in [5.74, 6) is 0.00875. The highest BCUT2D eigenvalue weighted by Gasteiger charge is 2.26. The largest absolute Gasteiger partial charge is 0.327 e. The number of anilines is 1. The van der Waals surface area contributed by atoms with Gasteiger partial charge in [0.25, 0.3) is 11.8 Å². The molecule has 3 rings (SSSR count). The summed E-state index contributed by atoms with van der Waals surface area (Å²) in [6, 6.07) is 14.8. The van der Waals surface area contributed by atoms with Crippen molar-refractivity contribution in [1.82, 2.24) is 4.90 Å². The topological polar surface area (TPSA) is 53.9 Å². The minimum atomic E-state index is -0.0632. The van der Waals surface area contributed by atoms with Crippen LogP contribution in [0.4, 0.5) is 5.69 Å². The summed E-state index contributed by atoms with van der Waals surface area (Å²) in [5.41, 5.74) is 2.38. The second kappa shape index (κ2) is 8.34. The van der Waals surface area contributed by atoms with E-state index in [0.29, 0.717) is 30.3 Å². The van der Waals surface area contributed by atoms with Gasteiger partial charge in [0.05, 0.1) is 36.9 Å². The summed E-state index contributed by atoms with van der Waals surface area (Å²) >= 11 is 6.07. The van der Waals surface area contributed by atoms with Gasteiger partial charge >= 0.3 is 0 Å². The minimum absolute atomic E-state index is 0.0632. The Kier molecular flexibility index (Phi) is 5.91. The van der Waals surface area contributed by atoms with Crippen LogP contribution in [0.2, 0.25) is 5.02 Å². The van der Waals surface area contributed by atoms with E-state index >= 15 is 0 Å². The normalized spacial score (nSPS) is 14.9. The van der Waals surface area contributed by atoms with Crippen molar-refractivity contribution in [2.24, 2.45) is 0 Å². The molecule has 6 heteroatoms. The molecule has 136 valence electrons. The zero-order valence-electron chi connectivity index (χ0n) is 14.8. The van der Waals surface area contributed by atoms with Crippen molar-refractivity contribution in [3.8, 4) is 0 Å². The van der Waals surface area contributed by atoms with Crippen LogP contribution in [0.15, 0.2) is 48.5 Å². The Hall–Kier alpha value is -2.37. The molecule has 0 aliphatic carbocycles. The minimum Gasteiger partial charge on any atom is -0.327 e. The van der Waals surface area contributed by atoms with E-state index in [9.17, 15) is 9.59 Å². The molecule has 1 saturated heterocycles. The number of halogens is 1. The lowest BCUT2D eigenvalue weighted by molar-refractivity contribution is -0.895. The number of rotatable bonds is 4. The molecule has 0 bridgehead atoms. The molecular weight excluding hydrogens is 350 g/mol. The Labute approximate surface area is 158 Å². The summed E-state index contributed by atoms with van der Waals surface area (Å²) in [5, 5.41) is 3.38. The van der Waals surface area contributed by atoms with E-state index in [1.165, 1.54) is 4.90 Å². The first-order valence-corrected chi connectivity index (χ1v) is 9.15. The number of quaternary nitrogens is 1. The Morgan fingerprint density at radius 2 is 1.73 bits per heavy atom. The number of hydrogen-bond acceptors (Lipinski definition) is 2. The molecule has 1 aliphatic rings. The third-order valence-electron chi connectivity index (χ3n) is 4.69. The van der Waals surface area contributed by atoms with Gasteiger partial charge in [-0.15, -0.1) is 0 Å². The van der Waals surface area contributed by atoms with Gasteiger partial charge in [-0.25, -0.2) is 0 Å². The van der Waals surface area contributed by atoms with Crippen molar-refractivity contribution < 1.29 is 14.5 Å². The summed E-state index contributed by atoms with van der Waals surface area (Å²) < 4.78 is 0. The van der Waals surface area contributed by atoms with Crippen molar-refractivity contribution >= 4 is 29.1 Å². The molecule has 26 heavy (non-hydrogen) atoms. The first-order chi connectivity index (χ1) is 12.5. The molecule has 2 N–H and O–H groups in total. The van der Waals surface area contributed by atoms with E-state index in [4.69, 9.17) is 11.6 Å². The van der Waals surface area contributed by atoms with Crippen LogP contribution in [0.3, 0.4) is 0 Å². The Morgan fingerprint density at radius 3 is 2.42 bits per heavy atom. The summed E-state index contributed by atoms with van der Waals surface area (Å²) in [6.07, 6.45) is 0. The van der Waals surface area contributed by atoms with E-state index in [1.54, 1.807) is 12.1 Å².